The Morgan fingerprint density at radius 3 is 2.08 bits per heavy atom. The van der Waals surface area contributed by atoms with Crippen molar-refractivity contribution in [2.45, 2.75) is 12.3 Å². The Labute approximate surface area is 149 Å². The van der Waals surface area contributed by atoms with Crippen LogP contribution in [0.15, 0.2) is 66.0 Å². The molecule has 0 aliphatic carbocycles. The smallest absolute Gasteiger partial charge is 0.238 e. The molecule has 0 saturated heterocycles. The van der Waals surface area contributed by atoms with Crippen LogP contribution in [0.2, 0.25) is 0 Å². The van der Waals surface area contributed by atoms with Crippen LogP contribution in [0.3, 0.4) is 0 Å². The third-order valence-electron chi connectivity index (χ3n) is 3.67. The monoisotopic (exact) mass is 351 g/mol. The molecule has 0 aliphatic heterocycles. The molecule has 1 heterocycles. The van der Waals surface area contributed by atoms with Crippen LogP contribution < -0.4 is 11.1 Å². The van der Waals surface area contributed by atoms with E-state index in [4.69, 9.17) is 5.73 Å². The SMILES string of the molecule is NC(=O)Cc1csc(NC(=O)C(c2ccccc2)c2ccccc2)n1. The van der Waals surface area contributed by atoms with Crippen molar-refractivity contribution in [3.63, 3.8) is 0 Å². The lowest BCUT2D eigenvalue weighted by Gasteiger charge is -2.17. The molecule has 0 fully saturated rings. The molecule has 0 radical (unpaired) electrons. The van der Waals surface area contributed by atoms with Gasteiger partial charge in [-0.1, -0.05) is 60.7 Å². The van der Waals surface area contributed by atoms with Gasteiger partial charge in [0.2, 0.25) is 11.8 Å². The van der Waals surface area contributed by atoms with Gasteiger partial charge in [0, 0.05) is 5.38 Å². The standard InChI is InChI=1S/C19H17N3O2S/c20-16(23)11-15-12-25-19(21-15)22-18(24)17(13-7-3-1-4-8-13)14-9-5-2-6-10-14/h1-10,12,17H,11H2,(H2,20,23)(H,21,22,24). The van der Waals surface area contributed by atoms with E-state index in [2.05, 4.69) is 10.3 Å². The van der Waals surface area contributed by atoms with Crippen LogP contribution in [-0.4, -0.2) is 16.8 Å². The fourth-order valence-corrected chi connectivity index (χ4v) is 3.30. The predicted molar refractivity (Wildman–Crippen MR) is 98.4 cm³/mol. The molecule has 2 aromatic carbocycles. The van der Waals surface area contributed by atoms with E-state index in [1.54, 1.807) is 5.38 Å². The van der Waals surface area contributed by atoms with Gasteiger partial charge in [-0.15, -0.1) is 11.3 Å². The first kappa shape index (κ1) is 16.9. The summed E-state index contributed by atoms with van der Waals surface area (Å²) in [6.07, 6.45) is 0.0627. The minimum Gasteiger partial charge on any atom is -0.369 e. The normalized spacial score (nSPS) is 10.6. The van der Waals surface area contributed by atoms with E-state index in [-0.39, 0.29) is 12.3 Å². The lowest BCUT2D eigenvalue weighted by Crippen LogP contribution is -2.22. The maximum Gasteiger partial charge on any atom is 0.238 e. The molecule has 3 N–H and O–H groups in total. The Morgan fingerprint density at radius 2 is 1.56 bits per heavy atom. The lowest BCUT2D eigenvalue weighted by atomic mass is 9.90. The Kier molecular flexibility index (Phi) is 5.20. The molecule has 5 nitrogen and oxygen atoms in total. The van der Waals surface area contributed by atoms with Crippen molar-refractivity contribution in [2.24, 2.45) is 5.73 Å². The number of nitrogens with zero attached hydrogens (tertiary/aromatic N) is 1. The summed E-state index contributed by atoms with van der Waals surface area (Å²) in [6, 6.07) is 19.2. The summed E-state index contributed by atoms with van der Waals surface area (Å²) in [6.45, 7) is 0. The molecule has 2 amide bonds. The van der Waals surface area contributed by atoms with E-state index in [0.29, 0.717) is 10.8 Å². The van der Waals surface area contributed by atoms with Gasteiger partial charge in [0.05, 0.1) is 18.0 Å². The Bertz CT molecular complexity index is 823. The molecule has 3 rings (SSSR count). The van der Waals surface area contributed by atoms with Crippen molar-refractivity contribution in [1.29, 1.82) is 0 Å². The van der Waals surface area contributed by atoms with Gasteiger partial charge in [0.25, 0.3) is 0 Å². The molecule has 0 bridgehead atoms. The zero-order chi connectivity index (χ0) is 17.6. The minimum absolute atomic E-state index is 0.0627. The second-order valence-electron chi connectivity index (χ2n) is 5.53. The van der Waals surface area contributed by atoms with Crippen molar-refractivity contribution in [3.05, 3.63) is 82.9 Å². The summed E-state index contributed by atoms with van der Waals surface area (Å²) in [7, 11) is 0. The number of amides is 2. The number of hydrogen-bond donors (Lipinski definition) is 2. The third kappa shape index (κ3) is 4.30. The van der Waals surface area contributed by atoms with Crippen molar-refractivity contribution < 1.29 is 9.59 Å². The van der Waals surface area contributed by atoms with Gasteiger partial charge >= 0.3 is 0 Å². The van der Waals surface area contributed by atoms with Gasteiger partial charge in [-0.2, -0.15) is 0 Å². The van der Waals surface area contributed by atoms with E-state index < -0.39 is 11.8 Å². The van der Waals surface area contributed by atoms with Crippen LogP contribution in [0.4, 0.5) is 5.13 Å². The predicted octanol–water partition coefficient (Wildman–Crippen LogP) is 2.94. The number of hydrogen-bond acceptors (Lipinski definition) is 4. The van der Waals surface area contributed by atoms with Crippen LogP contribution >= 0.6 is 11.3 Å². The highest BCUT2D eigenvalue weighted by molar-refractivity contribution is 7.13. The van der Waals surface area contributed by atoms with Gasteiger partial charge in [0.15, 0.2) is 5.13 Å². The van der Waals surface area contributed by atoms with Crippen LogP contribution in [0, 0.1) is 0 Å². The van der Waals surface area contributed by atoms with Crippen molar-refractivity contribution in [2.75, 3.05) is 5.32 Å². The second-order valence-corrected chi connectivity index (χ2v) is 6.39. The highest BCUT2D eigenvalue weighted by Gasteiger charge is 2.23. The third-order valence-corrected chi connectivity index (χ3v) is 4.47. The van der Waals surface area contributed by atoms with E-state index in [1.807, 2.05) is 60.7 Å². The molecule has 3 aromatic rings. The molecule has 0 unspecified atom stereocenters. The van der Waals surface area contributed by atoms with Gasteiger partial charge in [0.1, 0.15) is 0 Å². The van der Waals surface area contributed by atoms with Crippen molar-refractivity contribution in [3.8, 4) is 0 Å². The van der Waals surface area contributed by atoms with Crippen LogP contribution in [-0.2, 0) is 16.0 Å². The van der Waals surface area contributed by atoms with Gasteiger partial charge in [-0.05, 0) is 11.1 Å². The fraction of sp³-hybridized carbons (Fsp3) is 0.105. The molecular formula is C19H17N3O2S. The quantitative estimate of drug-likeness (QED) is 0.716. The van der Waals surface area contributed by atoms with Crippen molar-refractivity contribution in [1.82, 2.24) is 4.98 Å². The first-order chi connectivity index (χ1) is 12.1. The summed E-state index contributed by atoms with van der Waals surface area (Å²) in [5.74, 6) is -1.06. The molecule has 0 atom stereocenters. The van der Waals surface area contributed by atoms with Crippen LogP contribution in [0.25, 0.3) is 0 Å². The number of anilines is 1. The van der Waals surface area contributed by atoms with E-state index in [0.717, 1.165) is 11.1 Å². The Balaban J connectivity index is 1.85. The van der Waals surface area contributed by atoms with Crippen LogP contribution in [0.1, 0.15) is 22.7 Å². The molecular weight excluding hydrogens is 334 g/mol. The second kappa shape index (κ2) is 7.72. The van der Waals surface area contributed by atoms with Gasteiger partial charge in [-0.25, -0.2) is 4.98 Å². The maximum atomic E-state index is 12.9. The summed E-state index contributed by atoms with van der Waals surface area (Å²) >= 11 is 1.28. The van der Waals surface area contributed by atoms with Crippen molar-refractivity contribution >= 4 is 28.3 Å². The number of aromatic nitrogens is 1. The number of nitrogens with one attached hydrogen (secondary N) is 1. The number of carbonyl (C=O) groups is 2. The summed E-state index contributed by atoms with van der Waals surface area (Å²) in [5.41, 5.74) is 7.54. The minimum atomic E-state index is -0.449. The number of thiazole rings is 1. The summed E-state index contributed by atoms with van der Waals surface area (Å²) in [5, 5.41) is 5.03. The van der Waals surface area contributed by atoms with Crippen LogP contribution in [0.5, 0.6) is 0 Å². The zero-order valence-corrected chi connectivity index (χ0v) is 14.2. The molecule has 1 aromatic heterocycles. The molecule has 0 spiro atoms. The number of primary amides is 1. The first-order valence-corrected chi connectivity index (χ1v) is 8.65. The first-order valence-electron chi connectivity index (χ1n) is 7.77. The summed E-state index contributed by atoms with van der Waals surface area (Å²) < 4.78 is 0. The van der Waals surface area contributed by atoms with Gasteiger partial charge < -0.3 is 11.1 Å². The Hall–Kier alpha value is -2.99. The molecule has 6 heteroatoms. The largest absolute Gasteiger partial charge is 0.369 e. The van der Waals surface area contributed by atoms with E-state index in [1.165, 1.54) is 11.3 Å². The fourth-order valence-electron chi connectivity index (χ4n) is 2.59. The van der Waals surface area contributed by atoms with E-state index in [9.17, 15) is 9.59 Å². The topological polar surface area (TPSA) is 85.1 Å². The lowest BCUT2D eigenvalue weighted by molar-refractivity contribution is -0.117. The number of benzene rings is 2. The van der Waals surface area contributed by atoms with E-state index >= 15 is 0 Å². The highest BCUT2D eigenvalue weighted by Crippen LogP contribution is 2.27. The molecule has 25 heavy (non-hydrogen) atoms. The highest BCUT2D eigenvalue weighted by atomic mass is 32.1. The average molecular weight is 351 g/mol. The number of carbonyl (C=O) groups excluding carboxylic acids is 2. The number of rotatable bonds is 6. The Morgan fingerprint density at radius 1 is 1.00 bits per heavy atom. The summed E-state index contributed by atoms with van der Waals surface area (Å²) in [4.78, 5) is 28.1. The molecule has 0 aliphatic rings. The zero-order valence-electron chi connectivity index (χ0n) is 13.4. The molecule has 0 saturated carbocycles. The average Bonchev–Trinajstić information content (AvgIpc) is 3.03. The number of nitrogens with two attached hydrogens (primary N) is 1. The maximum absolute atomic E-state index is 12.9. The van der Waals surface area contributed by atoms with Gasteiger partial charge in [-0.3, -0.25) is 9.59 Å². The molecule has 126 valence electrons.